The van der Waals surface area contributed by atoms with Gasteiger partial charge in [0.25, 0.3) is 0 Å². The van der Waals surface area contributed by atoms with E-state index in [9.17, 15) is 4.79 Å². The minimum absolute atomic E-state index is 0.337. The van der Waals surface area contributed by atoms with Crippen molar-refractivity contribution in [3.8, 4) is 0 Å². The molecule has 0 aliphatic heterocycles. The van der Waals surface area contributed by atoms with Crippen LogP contribution in [-0.4, -0.2) is 11.1 Å². The molecule has 0 heterocycles. The molecule has 1 N–H and O–H groups in total. The van der Waals surface area contributed by atoms with Gasteiger partial charge in [-0.1, -0.05) is 18.9 Å². The Balaban J connectivity index is 2.34. The highest BCUT2D eigenvalue weighted by molar-refractivity contribution is 5.87. The number of hydrogen-bond donors (Lipinski definition) is 1. The van der Waals surface area contributed by atoms with Crippen LogP contribution in [0.3, 0.4) is 0 Å². The number of hydrogen-bond acceptors (Lipinski definition) is 1. The van der Waals surface area contributed by atoms with Crippen LogP contribution in [-0.2, 0) is 4.79 Å². The zero-order chi connectivity index (χ0) is 10.2. The minimum Gasteiger partial charge on any atom is -0.478 e. The summed E-state index contributed by atoms with van der Waals surface area (Å²) in [6.07, 6.45) is 7.92. The topological polar surface area (TPSA) is 37.3 Å². The predicted octanol–water partition coefficient (Wildman–Crippen LogP) is 3.13. The van der Waals surface area contributed by atoms with Crippen LogP contribution >= 0.6 is 0 Å². The third kappa shape index (κ3) is 1.28. The molecule has 2 aliphatic carbocycles. The van der Waals surface area contributed by atoms with Crippen molar-refractivity contribution in [3.63, 3.8) is 0 Å². The molecule has 0 amide bonds. The molecule has 78 valence electrons. The first-order chi connectivity index (χ1) is 6.69. The molecule has 14 heavy (non-hydrogen) atoms. The molecular weight excluding hydrogens is 176 g/mol. The van der Waals surface area contributed by atoms with Gasteiger partial charge in [-0.2, -0.15) is 0 Å². The maximum Gasteiger partial charge on any atom is 0.331 e. The van der Waals surface area contributed by atoms with E-state index in [4.69, 9.17) is 5.11 Å². The Kier molecular flexibility index (Phi) is 2.38. The van der Waals surface area contributed by atoms with Gasteiger partial charge in [0.1, 0.15) is 0 Å². The highest BCUT2D eigenvalue weighted by Crippen LogP contribution is 2.57. The Morgan fingerprint density at radius 1 is 1.36 bits per heavy atom. The van der Waals surface area contributed by atoms with Crippen molar-refractivity contribution in [2.24, 2.45) is 5.41 Å². The fourth-order valence-corrected chi connectivity index (χ4v) is 3.14. The molecule has 0 aromatic heterocycles. The number of rotatable bonds is 2. The number of aliphatic carboxylic acids is 1. The Hall–Kier alpha value is -0.790. The molecule has 2 nitrogen and oxygen atoms in total. The van der Waals surface area contributed by atoms with E-state index in [1.807, 2.05) is 6.92 Å². The number of carboxylic acid groups (broad SMARTS) is 1. The van der Waals surface area contributed by atoms with Crippen molar-refractivity contribution in [2.75, 3.05) is 0 Å². The van der Waals surface area contributed by atoms with Crippen LogP contribution in [0.25, 0.3) is 0 Å². The molecule has 0 aromatic carbocycles. The quantitative estimate of drug-likeness (QED) is 0.686. The summed E-state index contributed by atoms with van der Waals surface area (Å²) in [4.78, 5) is 11.1. The Bertz CT molecular complexity index is 285. The van der Waals surface area contributed by atoms with Gasteiger partial charge in [0.05, 0.1) is 0 Å². The minimum atomic E-state index is -0.685. The van der Waals surface area contributed by atoms with E-state index in [-0.39, 0.29) is 0 Å². The average molecular weight is 194 g/mol. The van der Waals surface area contributed by atoms with Crippen LogP contribution < -0.4 is 0 Å². The van der Waals surface area contributed by atoms with Crippen molar-refractivity contribution in [1.29, 1.82) is 0 Å². The summed E-state index contributed by atoms with van der Waals surface area (Å²) >= 11 is 0. The highest BCUT2D eigenvalue weighted by Gasteiger charge is 2.44. The van der Waals surface area contributed by atoms with Crippen molar-refractivity contribution in [1.82, 2.24) is 0 Å². The van der Waals surface area contributed by atoms with E-state index in [1.165, 1.54) is 37.7 Å². The molecule has 2 fully saturated rings. The number of carbonyl (C=O) groups is 1. The largest absolute Gasteiger partial charge is 0.478 e. The normalized spacial score (nSPS) is 27.5. The number of carboxylic acids is 1. The molecule has 2 saturated carbocycles. The van der Waals surface area contributed by atoms with Crippen LogP contribution in [0, 0.1) is 5.41 Å². The van der Waals surface area contributed by atoms with Gasteiger partial charge in [-0.25, -0.2) is 4.79 Å². The van der Waals surface area contributed by atoms with Gasteiger partial charge >= 0.3 is 5.97 Å². The van der Waals surface area contributed by atoms with Gasteiger partial charge < -0.3 is 5.11 Å². The maximum absolute atomic E-state index is 11.1. The summed E-state index contributed by atoms with van der Waals surface area (Å²) in [5.74, 6) is -0.685. The highest BCUT2D eigenvalue weighted by atomic mass is 16.4. The van der Waals surface area contributed by atoms with Crippen LogP contribution in [0.2, 0.25) is 0 Å². The van der Waals surface area contributed by atoms with Crippen LogP contribution in [0.4, 0.5) is 0 Å². The lowest BCUT2D eigenvalue weighted by Crippen LogP contribution is -2.29. The van der Waals surface area contributed by atoms with Gasteiger partial charge in [-0.3, -0.25) is 0 Å². The zero-order valence-corrected chi connectivity index (χ0v) is 8.81. The summed E-state index contributed by atoms with van der Waals surface area (Å²) in [6, 6.07) is 0. The van der Waals surface area contributed by atoms with E-state index in [0.29, 0.717) is 17.4 Å². The molecule has 0 saturated heterocycles. The second kappa shape index (κ2) is 3.41. The third-order valence-electron chi connectivity index (χ3n) is 4.01. The average Bonchev–Trinajstić information content (AvgIpc) is 2.48. The summed E-state index contributed by atoms with van der Waals surface area (Å²) in [5.41, 5.74) is 2.34. The lowest BCUT2D eigenvalue weighted by atomic mass is 9.64. The van der Waals surface area contributed by atoms with E-state index < -0.39 is 5.97 Å². The van der Waals surface area contributed by atoms with E-state index in [2.05, 4.69) is 0 Å². The molecule has 2 aliphatic rings. The monoisotopic (exact) mass is 194 g/mol. The smallest absolute Gasteiger partial charge is 0.331 e. The molecule has 0 radical (unpaired) electrons. The summed E-state index contributed by atoms with van der Waals surface area (Å²) in [6.45, 7) is 1.96. The van der Waals surface area contributed by atoms with Gasteiger partial charge in [-0.15, -0.1) is 0 Å². The van der Waals surface area contributed by atoms with Crippen molar-refractivity contribution < 1.29 is 9.90 Å². The lowest BCUT2D eigenvalue weighted by molar-refractivity contribution is -0.133. The fraction of sp³-hybridized carbons (Fsp3) is 0.750. The number of allylic oxidation sites excluding steroid dienone is 1. The Labute approximate surface area is 85.0 Å². The van der Waals surface area contributed by atoms with Gasteiger partial charge in [0, 0.05) is 5.57 Å². The molecule has 2 heteroatoms. The molecule has 1 spiro atoms. The second-order valence-corrected chi connectivity index (χ2v) is 4.60. The second-order valence-electron chi connectivity index (χ2n) is 4.60. The standard InChI is InChI=1S/C12H18O2/c1-2-9(11(13)14)10-5-3-6-12(10)7-4-8-12/h2-8H2,1H3,(H,13,14)/b10-9-. The Morgan fingerprint density at radius 2 is 2.00 bits per heavy atom. The molecule has 0 bridgehead atoms. The van der Waals surface area contributed by atoms with Gasteiger partial charge in [0.2, 0.25) is 0 Å². The first kappa shape index (κ1) is 9.75. The van der Waals surface area contributed by atoms with Crippen molar-refractivity contribution in [2.45, 2.75) is 51.9 Å². The summed E-state index contributed by atoms with van der Waals surface area (Å²) < 4.78 is 0. The molecule has 0 unspecified atom stereocenters. The Morgan fingerprint density at radius 3 is 2.43 bits per heavy atom. The van der Waals surface area contributed by atoms with E-state index >= 15 is 0 Å². The predicted molar refractivity (Wildman–Crippen MR) is 55.1 cm³/mol. The summed E-state index contributed by atoms with van der Waals surface area (Å²) in [5, 5.41) is 9.13. The molecule has 0 atom stereocenters. The molecule has 2 rings (SSSR count). The van der Waals surface area contributed by atoms with E-state index in [1.54, 1.807) is 0 Å². The summed E-state index contributed by atoms with van der Waals surface area (Å²) in [7, 11) is 0. The first-order valence-electron chi connectivity index (χ1n) is 5.65. The SMILES string of the molecule is CC/C(C(=O)O)=C1\CCCC12CCC2. The van der Waals surface area contributed by atoms with Crippen LogP contribution in [0.5, 0.6) is 0 Å². The lowest BCUT2D eigenvalue weighted by Gasteiger charge is -2.40. The first-order valence-corrected chi connectivity index (χ1v) is 5.65. The van der Waals surface area contributed by atoms with Crippen LogP contribution in [0.15, 0.2) is 11.1 Å². The third-order valence-corrected chi connectivity index (χ3v) is 4.01. The van der Waals surface area contributed by atoms with Gasteiger partial charge in [-0.05, 0) is 43.9 Å². The van der Waals surface area contributed by atoms with Crippen molar-refractivity contribution in [3.05, 3.63) is 11.1 Å². The van der Waals surface area contributed by atoms with Crippen molar-refractivity contribution >= 4 is 5.97 Å². The fourth-order valence-electron chi connectivity index (χ4n) is 3.14. The van der Waals surface area contributed by atoms with Crippen LogP contribution in [0.1, 0.15) is 51.9 Å². The zero-order valence-electron chi connectivity index (χ0n) is 8.81. The maximum atomic E-state index is 11.1. The molecular formula is C12H18O2. The van der Waals surface area contributed by atoms with E-state index in [0.717, 1.165) is 6.42 Å². The molecule has 0 aromatic rings. The van der Waals surface area contributed by atoms with Gasteiger partial charge in [0.15, 0.2) is 0 Å².